The Morgan fingerprint density at radius 1 is 0.949 bits per heavy atom. The van der Waals surface area contributed by atoms with E-state index in [4.69, 9.17) is 0 Å². The van der Waals surface area contributed by atoms with Gasteiger partial charge in [0, 0.05) is 28.7 Å². The lowest BCUT2D eigenvalue weighted by Crippen LogP contribution is -2.63. The summed E-state index contributed by atoms with van der Waals surface area (Å²) in [7, 11) is 0. The van der Waals surface area contributed by atoms with Crippen LogP contribution < -0.4 is 5.32 Å². The molecule has 2 atom stereocenters. The summed E-state index contributed by atoms with van der Waals surface area (Å²) in [6, 6.07) is 18.0. The van der Waals surface area contributed by atoms with Gasteiger partial charge in [-0.3, -0.25) is 19.2 Å². The molecule has 1 fully saturated rings. The lowest BCUT2D eigenvalue weighted by atomic mass is 10.0. The number of carboxylic acid groups (broad SMARTS) is 1. The molecule has 8 nitrogen and oxygen atoms in total. The van der Waals surface area contributed by atoms with Gasteiger partial charge in [-0.2, -0.15) is 0 Å². The maximum Gasteiger partial charge on any atom is 0.305 e. The van der Waals surface area contributed by atoms with Crippen LogP contribution in [0.25, 0.3) is 0 Å². The fourth-order valence-electron chi connectivity index (χ4n) is 4.67. The Morgan fingerprint density at radius 2 is 1.56 bits per heavy atom. The van der Waals surface area contributed by atoms with Crippen molar-refractivity contribution in [2.45, 2.75) is 32.0 Å². The third kappa shape index (κ3) is 6.69. The Kier molecular flexibility index (Phi) is 8.75. The van der Waals surface area contributed by atoms with Crippen molar-refractivity contribution in [3.8, 4) is 0 Å². The molecule has 4 rings (SSSR count). The summed E-state index contributed by atoms with van der Waals surface area (Å²) in [5.41, 5.74) is 1.80. The van der Waals surface area contributed by atoms with E-state index >= 15 is 0 Å². The van der Waals surface area contributed by atoms with Crippen LogP contribution in [0.15, 0.2) is 77.3 Å². The van der Waals surface area contributed by atoms with Crippen LogP contribution >= 0.6 is 15.9 Å². The maximum absolute atomic E-state index is 14.0. The highest BCUT2D eigenvalue weighted by molar-refractivity contribution is 9.10. The van der Waals surface area contributed by atoms with Crippen molar-refractivity contribution in [3.05, 3.63) is 105 Å². The third-order valence-electron chi connectivity index (χ3n) is 6.43. The molecule has 39 heavy (non-hydrogen) atoms. The van der Waals surface area contributed by atoms with Gasteiger partial charge >= 0.3 is 5.97 Å². The number of amides is 3. The molecule has 202 valence electrons. The van der Waals surface area contributed by atoms with E-state index in [2.05, 4.69) is 21.2 Å². The highest BCUT2D eigenvalue weighted by Gasteiger charge is 2.41. The lowest BCUT2D eigenvalue weighted by Gasteiger charge is -2.43. The fourth-order valence-corrected chi connectivity index (χ4v) is 5.07. The van der Waals surface area contributed by atoms with Gasteiger partial charge in [-0.1, -0.05) is 57.9 Å². The van der Waals surface area contributed by atoms with Crippen LogP contribution in [0, 0.1) is 12.7 Å². The van der Waals surface area contributed by atoms with Gasteiger partial charge in [-0.25, -0.2) is 4.39 Å². The van der Waals surface area contributed by atoms with E-state index in [1.165, 1.54) is 28.0 Å². The summed E-state index contributed by atoms with van der Waals surface area (Å²) in [5.74, 6) is -3.54. The van der Waals surface area contributed by atoms with Gasteiger partial charge in [0.05, 0.1) is 12.5 Å². The first-order chi connectivity index (χ1) is 18.6. The molecule has 0 aromatic heterocycles. The van der Waals surface area contributed by atoms with E-state index in [9.17, 15) is 28.7 Å². The van der Waals surface area contributed by atoms with E-state index < -0.39 is 48.1 Å². The number of aliphatic carboxylic acids is 1. The van der Waals surface area contributed by atoms with E-state index in [0.29, 0.717) is 22.0 Å². The minimum atomic E-state index is -1.39. The largest absolute Gasteiger partial charge is 0.481 e. The molecule has 10 heteroatoms. The van der Waals surface area contributed by atoms with Crippen LogP contribution in [0.5, 0.6) is 0 Å². The van der Waals surface area contributed by atoms with Crippen LogP contribution in [0.3, 0.4) is 0 Å². The van der Waals surface area contributed by atoms with E-state index in [-0.39, 0.29) is 18.7 Å². The lowest BCUT2D eigenvalue weighted by molar-refractivity contribution is -0.138. The van der Waals surface area contributed by atoms with Gasteiger partial charge in [0.2, 0.25) is 0 Å². The summed E-state index contributed by atoms with van der Waals surface area (Å²) < 4.78 is 14.6. The number of benzene rings is 3. The monoisotopic (exact) mass is 595 g/mol. The van der Waals surface area contributed by atoms with Gasteiger partial charge in [-0.05, 0) is 55.3 Å². The molecule has 3 aromatic rings. The summed E-state index contributed by atoms with van der Waals surface area (Å²) in [6.07, 6.45) is -1.40. The molecule has 3 aromatic carbocycles. The molecule has 1 heterocycles. The highest BCUT2D eigenvalue weighted by Crippen LogP contribution is 2.25. The predicted molar refractivity (Wildman–Crippen MR) is 145 cm³/mol. The van der Waals surface area contributed by atoms with Crippen LogP contribution in [0.4, 0.5) is 4.39 Å². The van der Waals surface area contributed by atoms with E-state index in [1.807, 2.05) is 13.0 Å². The molecule has 1 saturated heterocycles. The summed E-state index contributed by atoms with van der Waals surface area (Å²) in [5, 5.41) is 12.3. The first-order valence-electron chi connectivity index (χ1n) is 12.4. The second-order valence-electron chi connectivity index (χ2n) is 9.32. The SMILES string of the molecule is Cc1cccc(C(CC(=O)O)NC(=O)C2N(C(=O)c3cccc(F)c3)CCCN2C(=O)c2cccc(Br)c2)c1. The van der Waals surface area contributed by atoms with E-state index in [0.717, 1.165) is 11.6 Å². The normalized spacial score (nSPS) is 15.9. The molecule has 0 spiro atoms. The van der Waals surface area contributed by atoms with Crippen molar-refractivity contribution < 1.29 is 28.7 Å². The van der Waals surface area contributed by atoms with Gasteiger partial charge < -0.3 is 20.2 Å². The van der Waals surface area contributed by atoms with Crippen LogP contribution in [-0.4, -0.2) is 57.9 Å². The van der Waals surface area contributed by atoms with Crippen molar-refractivity contribution in [3.63, 3.8) is 0 Å². The zero-order valence-electron chi connectivity index (χ0n) is 21.1. The zero-order chi connectivity index (χ0) is 28.1. The topological polar surface area (TPSA) is 107 Å². The molecule has 1 aliphatic rings. The molecule has 2 N–H and O–H groups in total. The molecule has 2 unspecified atom stereocenters. The molecule has 0 aliphatic carbocycles. The number of halogens is 2. The second kappa shape index (κ2) is 12.2. The summed E-state index contributed by atoms with van der Waals surface area (Å²) >= 11 is 3.35. The third-order valence-corrected chi connectivity index (χ3v) is 6.92. The highest BCUT2D eigenvalue weighted by atomic mass is 79.9. The number of carbonyl (C=O) groups excluding carboxylic acids is 3. The Balaban J connectivity index is 1.73. The second-order valence-corrected chi connectivity index (χ2v) is 10.2. The Labute approximate surface area is 233 Å². The van der Waals surface area contributed by atoms with Crippen LogP contribution in [0.1, 0.15) is 50.7 Å². The zero-order valence-corrected chi connectivity index (χ0v) is 22.7. The number of aryl methyl sites for hydroxylation is 1. The molecule has 0 saturated carbocycles. The minimum absolute atomic E-state index is 0.0327. The number of rotatable bonds is 7. The average Bonchev–Trinajstić information content (AvgIpc) is 2.91. The summed E-state index contributed by atoms with van der Waals surface area (Å²) in [6.45, 7) is 2.18. The first-order valence-corrected chi connectivity index (χ1v) is 13.1. The number of nitrogens with zero attached hydrogens (tertiary/aromatic N) is 2. The van der Waals surface area contributed by atoms with Crippen molar-refractivity contribution >= 4 is 39.6 Å². The minimum Gasteiger partial charge on any atom is -0.481 e. The van der Waals surface area contributed by atoms with E-state index in [1.54, 1.807) is 42.5 Å². The summed E-state index contributed by atoms with van der Waals surface area (Å²) in [4.78, 5) is 55.3. The van der Waals surface area contributed by atoms with Crippen molar-refractivity contribution in [1.29, 1.82) is 0 Å². The average molecular weight is 596 g/mol. The Bertz CT molecular complexity index is 1350. The quantitative estimate of drug-likeness (QED) is 0.417. The maximum atomic E-state index is 14.0. The number of hydrogen-bond acceptors (Lipinski definition) is 4. The molecular weight excluding hydrogens is 569 g/mol. The first kappa shape index (κ1) is 28.0. The predicted octanol–water partition coefficient (Wildman–Crippen LogP) is 4.54. The van der Waals surface area contributed by atoms with Crippen molar-refractivity contribution in [1.82, 2.24) is 15.1 Å². The number of carboxylic acids is 1. The molecule has 0 radical (unpaired) electrons. The Hall–Kier alpha value is -4.05. The smallest absolute Gasteiger partial charge is 0.305 e. The van der Waals surface area contributed by atoms with Gasteiger partial charge in [0.25, 0.3) is 17.7 Å². The molecule has 3 amide bonds. The van der Waals surface area contributed by atoms with Crippen molar-refractivity contribution in [2.24, 2.45) is 0 Å². The number of carbonyl (C=O) groups is 4. The molecule has 1 aliphatic heterocycles. The standard InChI is InChI=1S/C29H27BrFN3O5/c1-18-6-2-7-19(14-18)24(17-25(35)36)32-26(37)27-33(28(38)20-8-3-10-22(30)15-20)12-5-13-34(27)29(39)21-9-4-11-23(31)16-21/h2-4,6-11,14-16,24,27H,5,12-13,17H2,1H3,(H,32,37)(H,35,36). The number of nitrogens with one attached hydrogen (secondary N) is 1. The Morgan fingerprint density at radius 3 is 2.15 bits per heavy atom. The fraction of sp³-hybridized carbons (Fsp3) is 0.241. The molecule has 0 bridgehead atoms. The van der Waals surface area contributed by atoms with Crippen LogP contribution in [0.2, 0.25) is 0 Å². The van der Waals surface area contributed by atoms with Gasteiger partial charge in [0.1, 0.15) is 5.82 Å². The molecular formula is C29H27BrFN3O5. The van der Waals surface area contributed by atoms with Gasteiger partial charge in [-0.15, -0.1) is 0 Å². The van der Waals surface area contributed by atoms with Crippen LogP contribution in [-0.2, 0) is 9.59 Å². The van der Waals surface area contributed by atoms with Crippen molar-refractivity contribution in [2.75, 3.05) is 13.1 Å². The number of hydrogen-bond donors (Lipinski definition) is 2. The van der Waals surface area contributed by atoms with Gasteiger partial charge in [0.15, 0.2) is 6.17 Å².